The normalized spacial score (nSPS) is 11.4. The van der Waals surface area contributed by atoms with Crippen molar-refractivity contribution in [2.24, 2.45) is 0 Å². The van der Waals surface area contributed by atoms with Crippen molar-refractivity contribution in [3.8, 4) is 0 Å². The van der Waals surface area contributed by atoms with Gasteiger partial charge in [0.05, 0.1) is 0 Å². The lowest BCUT2D eigenvalue weighted by Gasteiger charge is -2.07. The fourth-order valence-corrected chi connectivity index (χ4v) is 5.15. The first-order valence-electron chi connectivity index (χ1n) is 16.5. The summed E-state index contributed by atoms with van der Waals surface area (Å²) in [6.45, 7) is 6.75. The molecule has 0 amide bonds. The number of unbranched alkanes of at least 4 members (excludes halogenated alkanes) is 22. The van der Waals surface area contributed by atoms with Gasteiger partial charge in [0.15, 0.2) is 0 Å². The highest BCUT2D eigenvalue weighted by atomic mass is 15.0. The summed E-state index contributed by atoms with van der Waals surface area (Å²) in [5, 5.41) is 0. The Morgan fingerprint density at radius 1 is 0.306 bits per heavy atom. The van der Waals surface area contributed by atoms with Crippen molar-refractivity contribution < 1.29 is 0 Å². The molecular weight excluding hydrogens is 438 g/mol. The molecular formula is C33H63N3. The lowest BCUT2D eigenvalue weighted by Crippen LogP contribution is -2.07. The van der Waals surface area contributed by atoms with Gasteiger partial charge in [-0.05, 0) is 12.8 Å². The van der Waals surface area contributed by atoms with Crippen LogP contribution in [0.1, 0.15) is 192 Å². The quantitative estimate of drug-likeness (QED) is 0.112. The van der Waals surface area contributed by atoms with Crippen LogP contribution >= 0.6 is 0 Å². The second-order valence-corrected chi connectivity index (χ2v) is 11.2. The Balaban J connectivity index is 2.06. The van der Waals surface area contributed by atoms with Gasteiger partial charge in [-0.1, -0.05) is 162 Å². The van der Waals surface area contributed by atoms with Crippen molar-refractivity contribution in [1.29, 1.82) is 0 Å². The molecule has 1 heterocycles. The van der Waals surface area contributed by atoms with Gasteiger partial charge in [0.1, 0.15) is 17.5 Å². The number of nitrogens with zero attached hydrogens (tertiary/aromatic N) is 3. The summed E-state index contributed by atoms with van der Waals surface area (Å²) >= 11 is 0. The molecule has 0 saturated heterocycles. The van der Waals surface area contributed by atoms with Gasteiger partial charge in [-0.3, -0.25) is 0 Å². The summed E-state index contributed by atoms with van der Waals surface area (Å²) < 4.78 is 0. The molecule has 0 aromatic carbocycles. The van der Waals surface area contributed by atoms with E-state index in [9.17, 15) is 0 Å². The van der Waals surface area contributed by atoms with E-state index < -0.39 is 0 Å². The van der Waals surface area contributed by atoms with Crippen LogP contribution in [0.4, 0.5) is 0 Å². The molecule has 1 rings (SSSR count). The highest BCUT2D eigenvalue weighted by Crippen LogP contribution is 2.14. The van der Waals surface area contributed by atoms with E-state index in [1.165, 1.54) is 154 Å². The van der Waals surface area contributed by atoms with E-state index in [4.69, 9.17) is 15.0 Å². The smallest absolute Gasteiger partial charge is 0.132 e. The van der Waals surface area contributed by atoms with Crippen LogP contribution < -0.4 is 0 Å². The van der Waals surface area contributed by atoms with Crippen LogP contribution in [0.25, 0.3) is 0 Å². The maximum Gasteiger partial charge on any atom is 0.132 e. The molecule has 1 aromatic rings. The molecule has 0 aliphatic heterocycles. The van der Waals surface area contributed by atoms with Gasteiger partial charge in [0.2, 0.25) is 0 Å². The molecule has 3 nitrogen and oxygen atoms in total. The van der Waals surface area contributed by atoms with Crippen LogP contribution in [-0.2, 0) is 19.3 Å². The van der Waals surface area contributed by atoms with Crippen LogP contribution in [0.15, 0.2) is 0 Å². The van der Waals surface area contributed by atoms with Crippen molar-refractivity contribution in [1.82, 2.24) is 15.0 Å². The lowest BCUT2D eigenvalue weighted by molar-refractivity contribution is 0.539. The Hall–Kier alpha value is -0.990. The van der Waals surface area contributed by atoms with Gasteiger partial charge in [-0.25, -0.2) is 15.0 Å². The predicted octanol–water partition coefficient (Wildman–Crippen LogP) is 10.9. The minimum Gasteiger partial charge on any atom is -0.218 e. The Labute approximate surface area is 226 Å². The molecule has 0 aliphatic rings. The monoisotopic (exact) mass is 502 g/mol. The van der Waals surface area contributed by atoms with Crippen molar-refractivity contribution in [2.75, 3.05) is 0 Å². The van der Waals surface area contributed by atoms with Gasteiger partial charge < -0.3 is 0 Å². The van der Waals surface area contributed by atoms with E-state index in [2.05, 4.69) is 20.8 Å². The van der Waals surface area contributed by atoms with Gasteiger partial charge >= 0.3 is 0 Å². The first-order chi connectivity index (χ1) is 17.8. The zero-order valence-corrected chi connectivity index (χ0v) is 24.9. The molecule has 0 radical (unpaired) electrons. The molecule has 0 fully saturated rings. The number of aromatic nitrogens is 3. The van der Waals surface area contributed by atoms with Crippen LogP contribution in [-0.4, -0.2) is 15.0 Å². The predicted molar refractivity (Wildman–Crippen MR) is 159 cm³/mol. The highest BCUT2D eigenvalue weighted by molar-refractivity contribution is 4.98. The van der Waals surface area contributed by atoms with Gasteiger partial charge in [-0.2, -0.15) is 0 Å². The third-order valence-electron chi connectivity index (χ3n) is 7.60. The van der Waals surface area contributed by atoms with Crippen LogP contribution in [0.3, 0.4) is 0 Å². The average Bonchev–Trinajstić information content (AvgIpc) is 2.89. The molecule has 0 aliphatic carbocycles. The molecule has 3 heteroatoms. The molecule has 0 atom stereocenters. The molecule has 0 spiro atoms. The second kappa shape index (κ2) is 25.7. The Morgan fingerprint density at radius 3 is 0.833 bits per heavy atom. The SMILES string of the molecule is CCCCCCCCCCCCCCc1nc(CC)nc(CCCCCCCCCCCCCC)n1. The summed E-state index contributed by atoms with van der Waals surface area (Å²) in [6, 6.07) is 0. The first-order valence-corrected chi connectivity index (χ1v) is 16.5. The Bertz CT molecular complexity index is 540. The second-order valence-electron chi connectivity index (χ2n) is 11.2. The molecule has 0 N–H and O–H groups in total. The summed E-state index contributed by atoms with van der Waals surface area (Å²) in [5.74, 6) is 3.08. The molecule has 210 valence electrons. The van der Waals surface area contributed by atoms with Crippen LogP contribution in [0.5, 0.6) is 0 Å². The maximum atomic E-state index is 4.84. The topological polar surface area (TPSA) is 38.7 Å². The zero-order chi connectivity index (χ0) is 25.9. The number of aryl methyl sites for hydroxylation is 3. The minimum absolute atomic E-state index is 0.916. The number of hydrogen-bond acceptors (Lipinski definition) is 3. The van der Waals surface area contributed by atoms with E-state index in [1.807, 2.05) is 0 Å². The fourth-order valence-electron chi connectivity index (χ4n) is 5.15. The fraction of sp³-hybridized carbons (Fsp3) is 0.909. The molecule has 36 heavy (non-hydrogen) atoms. The van der Waals surface area contributed by atoms with Crippen molar-refractivity contribution >= 4 is 0 Å². The summed E-state index contributed by atoms with van der Waals surface area (Å²) in [5.41, 5.74) is 0. The zero-order valence-electron chi connectivity index (χ0n) is 24.9. The molecule has 1 aromatic heterocycles. The number of hydrogen-bond donors (Lipinski definition) is 0. The van der Waals surface area contributed by atoms with Gasteiger partial charge in [-0.15, -0.1) is 0 Å². The Morgan fingerprint density at radius 2 is 0.556 bits per heavy atom. The highest BCUT2D eigenvalue weighted by Gasteiger charge is 2.06. The summed E-state index contributed by atoms with van der Waals surface area (Å²) in [7, 11) is 0. The summed E-state index contributed by atoms with van der Waals surface area (Å²) in [4.78, 5) is 14.3. The maximum absolute atomic E-state index is 4.84. The van der Waals surface area contributed by atoms with E-state index in [-0.39, 0.29) is 0 Å². The van der Waals surface area contributed by atoms with Crippen molar-refractivity contribution in [2.45, 2.75) is 194 Å². The van der Waals surface area contributed by atoms with Gasteiger partial charge in [0, 0.05) is 19.3 Å². The van der Waals surface area contributed by atoms with E-state index >= 15 is 0 Å². The third-order valence-corrected chi connectivity index (χ3v) is 7.60. The molecule has 0 unspecified atom stereocenters. The lowest BCUT2D eigenvalue weighted by atomic mass is 10.0. The van der Waals surface area contributed by atoms with Crippen LogP contribution in [0, 0.1) is 0 Å². The van der Waals surface area contributed by atoms with E-state index in [1.54, 1.807) is 0 Å². The van der Waals surface area contributed by atoms with Crippen molar-refractivity contribution in [3.63, 3.8) is 0 Å². The van der Waals surface area contributed by atoms with Gasteiger partial charge in [0.25, 0.3) is 0 Å². The van der Waals surface area contributed by atoms with E-state index in [0.717, 1.165) is 36.7 Å². The number of rotatable bonds is 27. The third kappa shape index (κ3) is 20.1. The minimum atomic E-state index is 0.916. The van der Waals surface area contributed by atoms with Crippen LogP contribution in [0.2, 0.25) is 0 Å². The average molecular weight is 502 g/mol. The van der Waals surface area contributed by atoms with Crippen molar-refractivity contribution in [3.05, 3.63) is 17.5 Å². The molecule has 0 saturated carbocycles. The molecule has 0 bridgehead atoms. The Kier molecular flexibility index (Phi) is 23.5. The standard InChI is InChI=1S/C33H63N3/c1-4-7-9-11-13-15-17-19-21-23-25-27-29-32-34-31(6-3)35-33(36-32)30-28-26-24-22-20-18-16-14-12-10-8-5-2/h4-30H2,1-3H3. The summed E-state index contributed by atoms with van der Waals surface area (Å²) in [6.07, 6.45) is 36.4. The van der Waals surface area contributed by atoms with E-state index in [0.29, 0.717) is 0 Å². The largest absolute Gasteiger partial charge is 0.218 e. The first kappa shape index (κ1) is 33.0.